The van der Waals surface area contributed by atoms with Crippen LogP contribution in [-0.2, 0) is 4.79 Å². The Morgan fingerprint density at radius 1 is 1.46 bits per heavy atom. The molecule has 13 heavy (non-hydrogen) atoms. The number of nitrogens with zero attached hydrogens (tertiary/aromatic N) is 1. The Labute approximate surface area is 84.8 Å². The summed E-state index contributed by atoms with van der Waals surface area (Å²) in [6.07, 6.45) is 0.586. The van der Waals surface area contributed by atoms with Crippen molar-refractivity contribution in [3.8, 4) is 0 Å². The van der Waals surface area contributed by atoms with Gasteiger partial charge in [-0.25, -0.2) is 0 Å². The topological polar surface area (TPSA) is 80.4 Å². The summed E-state index contributed by atoms with van der Waals surface area (Å²) < 4.78 is -1.99. The molecule has 0 aliphatic rings. The van der Waals surface area contributed by atoms with E-state index in [4.69, 9.17) is 28.3 Å². The van der Waals surface area contributed by atoms with E-state index in [0.717, 1.165) is 0 Å². The van der Waals surface area contributed by atoms with E-state index in [1.807, 2.05) is 0 Å². The van der Waals surface area contributed by atoms with Crippen LogP contribution >= 0.6 is 23.2 Å². The number of carboxylic acid groups (broad SMARTS) is 1. The third kappa shape index (κ3) is 5.65. The first-order valence-corrected chi connectivity index (χ1v) is 4.36. The lowest BCUT2D eigenvalue weighted by atomic mass is 10.2. The maximum atomic E-state index is 10.2. The fourth-order valence-corrected chi connectivity index (χ4v) is 0.972. The van der Waals surface area contributed by atoms with Crippen LogP contribution in [-0.4, -0.2) is 20.5 Å². The lowest BCUT2D eigenvalue weighted by Gasteiger charge is -2.08. The molecule has 0 fully saturated rings. The SMILES string of the molecule is O=C(O)CCCCC(Cl)(Cl)[N+](=O)[O-]. The molecule has 1 N–H and O–H groups in total. The zero-order valence-electron chi connectivity index (χ0n) is 6.70. The Morgan fingerprint density at radius 2 is 2.00 bits per heavy atom. The Kier molecular flexibility index (Phi) is 5.02. The molecule has 0 aromatic heterocycles. The number of nitro groups is 1. The molecule has 0 saturated carbocycles. The van der Waals surface area contributed by atoms with Crippen molar-refractivity contribution in [3.63, 3.8) is 0 Å². The van der Waals surface area contributed by atoms with Crippen LogP contribution in [0.25, 0.3) is 0 Å². The summed E-state index contributed by atoms with van der Waals surface area (Å²) in [4.78, 5) is 19.4. The lowest BCUT2D eigenvalue weighted by molar-refractivity contribution is -0.516. The predicted octanol–water partition coefficient (Wildman–Crippen LogP) is 2.04. The molecule has 0 radical (unpaired) electrons. The van der Waals surface area contributed by atoms with Crippen molar-refractivity contribution in [2.24, 2.45) is 0 Å². The molecule has 0 aliphatic carbocycles. The van der Waals surface area contributed by atoms with Gasteiger partial charge in [-0.15, -0.1) is 0 Å². The highest BCUT2D eigenvalue weighted by atomic mass is 35.5. The van der Waals surface area contributed by atoms with E-state index in [9.17, 15) is 14.9 Å². The molecule has 0 aliphatic heterocycles. The van der Waals surface area contributed by atoms with Crippen LogP contribution in [0.5, 0.6) is 0 Å². The fourth-order valence-electron chi connectivity index (χ4n) is 0.705. The number of unbranched alkanes of at least 4 members (excludes halogenated alkanes) is 1. The summed E-state index contributed by atoms with van der Waals surface area (Å²) in [5, 5.41) is 18.4. The second kappa shape index (κ2) is 5.24. The molecule has 0 aromatic rings. The van der Waals surface area contributed by atoms with Gasteiger partial charge in [0.15, 0.2) is 0 Å². The van der Waals surface area contributed by atoms with Crippen molar-refractivity contribution in [1.82, 2.24) is 0 Å². The van der Waals surface area contributed by atoms with E-state index < -0.39 is 15.3 Å². The fraction of sp³-hybridized carbons (Fsp3) is 0.833. The molecule has 5 nitrogen and oxygen atoms in total. The molecule has 0 saturated heterocycles. The second-order valence-corrected chi connectivity index (χ2v) is 3.97. The molecule has 0 bridgehead atoms. The highest BCUT2D eigenvalue weighted by Crippen LogP contribution is 2.28. The molecule has 0 heterocycles. The molecule has 0 atom stereocenters. The normalized spacial score (nSPS) is 11.2. The van der Waals surface area contributed by atoms with E-state index in [1.54, 1.807) is 0 Å². The molecular formula is C6H9Cl2NO4. The minimum atomic E-state index is -1.99. The van der Waals surface area contributed by atoms with Crippen LogP contribution in [0, 0.1) is 10.1 Å². The van der Waals surface area contributed by atoms with E-state index in [1.165, 1.54) is 0 Å². The first-order valence-electron chi connectivity index (χ1n) is 3.60. The molecule has 0 amide bonds. The predicted molar refractivity (Wildman–Crippen MR) is 47.5 cm³/mol. The first-order chi connectivity index (χ1) is 5.86. The summed E-state index contributed by atoms with van der Waals surface area (Å²) in [6.45, 7) is 0. The second-order valence-electron chi connectivity index (χ2n) is 2.52. The lowest BCUT2D eigenvalue weighted by Crippen LogP contribution is -2.24. The van der Waals surface area contributed by atoms with Crippen molar-refractivity contribution in [3.05, 3.63) is 10.1 Å². The Hall–Kier alpha value is -0.550. The van der Waals surface area contributed by atoms with E-state index >= 15 is 0 Å². The summed E-state index contributed by atoms with van der Waals surface area (Å²) in [5.74, 6) is -0.934. The van der Waals surface area contributed by atoms with Gasteiger partial charge in [0.2, 0.25) is 0 Å². The van der Waals surface area contributed by atoms with Crippen LogP contribution < -0.4 is 0 Å². The summed E-state index contributed by atoms with van der Waals surface area (Å²) >= 11 is 10.6. The maximum absolute atomic E-state index is 10.2. The Balaban J connectivity index is 3.64. The molecular weight excluding hydrogens is 221 g/mol. The van der Waals surface area contributed by atoms with Crippen LogP contribution in [0.4, 0.5) is 0 Å². The van der Waals surface area contributed by atoms with Crippen LogP contribution in [0.1, 0.15) is 25.7 Å². The maximum Gasteiger partial charge on any atom is 0.370 e. The third-order valence-electron chi connectivity index (χ3n) is 1.39. The van der Waals surface area contributed by atoms with Crippen molar-refractivity contribution < 1.29 is 14.8 Å². The number of aliphatic carboxylic acids is 1. The van der Waals surface area contributed by atoms with Crippen LogP contribution in [0.15, 0.2) is 0 Å². The van der Waals surface area contributed by atoms with Crippen molar-refractivity contribution in [2.45, 2.75) is 30.1 Å². The molecule has 0 rings (SSSR count). The quantitative estimate of drug-likeness (QED) is 0.249. The Morgan fingerprint density at radius 3 is 2.38 bits per heavy atom. The smallest absolute Gasteiger partial charge is 0.370 e. The summed E-state index contributed by atoms with van der Waals surface area (Å²) in [6, 6.07) is 0. The third-order valence-corrected chi connectivity index (χ3v) is 2.04. The highest BCUT2D eigenvalue weighted by Gasteiger charge is 2.36. The number of rotatable bonds is 6. The average molecular weight is 230 g/mol. The minimum Gasteiger partial charge on any atom is -0.481 e. The van der Waals surface area contributed by atoms with Gasteiger partial charge in [-0.3, -0.25) is 14.9 Å². The molecule has 0 unspecified atom stereocenters. The van der Waals surface area contributed by atoms with Gasteiger partial charge in [0.1, 0.15) is 0 Å². The number of carbonyl (C=O) groups is 1. The van der Waals surface area contributed by atoms with Gasteiger partial charge in [0.05, 0.1) is 4.92 Å². The summed E-state index contributed by atoms with van der Waals surface area (Å²) in [5.41, 5.74) is 0. The van der Waals surface area contributed by atoms with E-state index in [2.05, 4.69) is 0 Å². The number of carboxylic acids is 1. The van der Waals surface area contributed by atoms with Crippen molar-refractivity contribution in [2.75, 3.05) is 0 Å². The highest BCUT2D eigenvalue weighted by molar-refractivity contribution is 6.46. The van der Waals surface area contributed by atoms with Crippen molar-refractivity contribution >= 4 is 29.2 Å². The van der Waals surface area contributed by atoms with Crippen LogP contribution in [0.2, 0.25) is 0 Å². The average Bonchev–Trinajstić information content (AvgIpc) is 1.97. The minimum absolute atomic E-state index is 0.0262. The number of hydrogen-bond donors (Lipinski definition) is 1. The molecule has 0 spiro atoms. The molecule has 7 heteroatoms. The van der Waals surface area contributed by atoms with Gasteiger partial charge in [0, 0.05) is 12.8 Å². The molecule has 0 aromatic carbocycles. The monoisotopic (exact) mass is 229 g/mol. The van der Waals surface area contributed by atoms with Gasteiger partial charge in [0.25, 0.3) is 0 Å². The summed E-state index contributed by atoms with van der Waals surface area (Å²) in [7, 11) is 0. The van der Waals surface area contributed by atoms with Crippen molar-refractivity contribution in [1.29, 1.82) is 0 Å². The van der Waals surface area contributed by atoms with Gasteiger partial charge < -0.3 is 5.11 Å². The van der Waals surface area contributed by atoms with E-state index in [0.29, 0.717) is 12.8 Å². The van der Waals surface area contributed by atoms with Gasteiger partial charge >= 0.3 is 10.4 Å². The Bertz CT molecular complexity index is 207. The van der Waals surface area contributed by atoms with Crippen LogP contribution in [0.3, 0.4) is 0 Å². The van der Waals surface area contributed by atoms with Gasteiger partial charge in [-0.05, 0) is 36.0 Å². The number of hydrogen-bond acceptors (Lipinski definition) is 3. The molecule has 76 valence electrons. The first kappa shape index (κ1) is 12.4. The van der Waals surface area contributed by atoms with E-state index in [-0.39, 0.29) is 12.8 Å². The standard InChI is InChI=1S/C6H9Cl2NO4/c7-6(8,9(12)13)4-2-1-3-5(10)11/h1-4H2,(H,10,11). The largest absolute Gasteiger partial charge is 0.481 e. The zero-order chi connectivity index (χ0) is 10.5. The number of halogens is 2. The van der Waals surface area contributed by atoms with Gasteiger partial charge in [-0.1, -0.05) is 0 Å². The number of alkyl halides is 2. The van der Waals surface area contributed by atoms with Gasteiger partial charge in [-0.2, -0.15) is 0 Å². The zero-order valence-corrected chi connectivity index (χ0v) is 8.22.